The lowest BCUT2D eigenvalue weighted by Gasteiger charge is -2.43. The molecule has 2 aliphatic heterocycles. The molecule has 2 aliphatic rings. The average Bonchev–Trinajstić information content (AvgIpc) is 3.11. The van der Waals surface area contributed by atoms with Crippen LogP contribution in [0.25, 0.3) is 11.0 Å². The number of aromatic amines is 1. The number of H-pyrrole nitrogens is 1. The monoisotopic (exact) mass is 413 g/mol. The summed E-state index contributed by atoms with van der Waals surface area (Å²) in [7, 11) is -3.20. The second-order valence-corrected chi connectivity index (χ2v) is 9.65. The molecule has 10 heteroatoms. The number of nitrogens with one attached hydrogen (secondary N) is 2. The van der Waals surface area contributed by atoms with Gasteiger partial charge >= 0.3 is 0 Å². The molecule has 29 heavy (non-hydrogen) atoms. The first-order valence-corrected chi connectivity index (χ1v) is 11.5. The largest absolute Gasteiger partial charge is 0.363 e. The van der Waals surface area contributed by atoms with E-state index in [2.05, 4.69) is 53.5 Å². The van der Waals surface area contributed by atoms with Crippen LogP contribution >= 0.6 is 0 Å². The predicted molar refractivity (Wildman–Crippen MR) is 111 cm³/mol. The molecule has 3 aromatic rings. The van der Waals surface area contributed by atoms with E-state index in [4.69, 9.17) is 0 Å². The zero-order valence-electron chi connectivity index (χ0n) is 16.3. The van der Waals surface area contributed by atoms with Gasteiger partial charge in [-0.3, -0.25) is 0 Å². The van der Waals surface area contributed by atoms with Crippen LogP contribution in [0.5, 0.6) is 0 Å². The van der Waals surface area contributed by atoms with E-state index in [1.807, 2.05) is 12.4 Å². The van der Waals surface area contributed by atoms with Crippen molar-refractivity contribution in [1.82, 2.24) is 24.7 Å². The van der Waals surface area contributed by atoms with Gasteiger partial charge < -0.3 is 14.8 Å². The second-order valence-electron chi connectivity index (χ2n) is 7.87. The number of aromatic nitrogens is 4. The second kappa shape index (κ2) is 6.67. The summed E-state index contributed by atoms with van der Waals surface area (Å²) in [6.07, 6.45) is 7.38. The minimum absolute atomic E-state index is 0.0751. The van der Waals surface area contributed by atoms with Crippen LogP contribution in [0, 0.1) is 0 Å². The minimum atomic E-state index is -3.20. The van der Waals surface area contributed by atoms with Crippen LogP contribution in [0.15, 0.2) is 30.9 Å². The Morgan fingerprint density at radius 2 is 2.03 bits per heavy atom. The highest BCUT2D eigenvalue weighted by Gasteiger charge is 2.34. The van der Waals surface area contributed by atoms with Crippen molar-refractivity contribution in [2.24, 2.45) is 0 Å². The molecule has 0 spiro atoms. The molecule has 0 unspecified atom stereocenters. The SMILES string of the molecule is C[C@@H]1Cc2ncnc(N3CC(NS(C)(=O)=O)C3)c2CN1c1ccnc2[nH]ccc12. The maximum atomic E-state index is 11.5. The van der Waals surface area contributed by atoms with Gasteiger partial charge in [-0.25, -0.2) is 28.1 Å². The summed E-state index contributed by atoms with van der Waals surface area (Å²) in [4.78, 5) is 21.2. The van der Waals surface area contributed by atoms with Gasteiger partial charge in [-0.05, 0) is 19.1 Å². The number of fused-ring (bicyclic) bond motifs is 2. The Morgan fingerprint density at radius 3 is 2.83 bits per heavy atom. The summed E-state index contributed by atoms with van der Waals surface area (Å²) in [6, 6.07) is 4.33. The van der Waals surface area contributed by atoms with Gasteiger partial charge in [0.15, 0.2) is 0 Å². The van der Waals surface area contributed by atoms with Crippen LogP contribution in [0.1, 0.15) is 18.2 Å². The fourth-order valence-electron chi connectivity index (χ4n) is 4.31. The molecule has 0 aromatic carbocycles. The molecule has 152 valence electrons. The van der Waals surface area contributed by atoms with Crippen molar-refractivity contribution in [2.75, 3.05) is 29.1 Å². The fourth-order valence-corrected chi connectivity index (χ4v) is 5.07. The Kier molecular flexibility index (Phi) is 4.21. The van der Waals surface area contributed by atoms with E-state index in [1.54, 1.807) is 6.33 Å². The first kappa shape index (κ1) is 18.3. The third-order valence-electron chi connectivity index (χ3n) is 5.67. The summed E-state index contributed by atoms with van der Waals surface area (Å²) < 4.78 is 25.6. The lowest BCUT2D eigenvalue weighted by Crippen LogP contribution is -2.60. The van der Waals surface area contributed by atoms with Crippen LogP contribution in [0.3, 0.4) is 0 Å². The molecule has 5 heterocycles. The number of anilines is 2. The van der Waals surface area contributed by atoms with Crippen LogP contribution < -0.4 is 14.5 Å². The lowest BCUT2D eigenvalue weighted by atomic mass is 9.97. The van der Waals surface area contributed by atoms with Crippen molar-refractivity contribution >= 4 is 32.6 Å². The van der Waals surface area contributed by atoms with E-state index < -0.39 is 10.0 Å². The molecule has 1 atom stereocenters. The molecule has 0 bridgehead atoms. The van der Waals surface area contributed by atoms with Gasteiger partial charge in [-0.15, -0.1) is 0 Å². The predicted octanol–water partition coefficient (Wildman–Crippen LogP) is 1.04. The molecule has 9 nitrogen and oxygen atoms in total. The summed E-state index contributed by atoms with van der Waals surface area (Å²) in [5.74, 6) is 0.901. The normalized spacial score (nSPS) is 20.0. The standard InChI is InChI=1S/C19H23N7O2S/c1-12-7-16-15(10-26(12)17-4-6-21-18-14(17)3-5-20-18)19(23-11-22-16)25-8-13(9-25)24-29(2,27)28/h3-6,11-13,24H,7-10H2,1-2H3,(H,20,21)/t12-/m1/s1. The number of pyridine rings is 1. The van der Waals surface area contributed by atoms with Crippen LogP contribution in [-0.4, -0.2) is 59.8 Å². The minimum Gasteiger partial charge on any atom is -0.363 e. The van der Waals surface area contributed by atoms with Gasteiger partial charge in [0.25, 0.3) is 0 Å². The van der Waals surface area contributed by atoms with Gasteiger partial charge in [0.1, 0.15) is 17.8 Å². The summed E-state index contributed by atoms with van der Waals surface area (Å²) >= 11 is 0. The molecule has 5 rings (SSSR count). The molecular weight excluding hydrogens is 390 g/mol. The fraction of sp³-hybridized carbons (Fsp3) is 0.421. The Bertz CT molecular complexity index is 1170. The van der Waals surface area contributed by atoms with Crippen LogP contribution in [0.4, 0.5) is 11.5 Å². The van der Waals surface area contributed by atoms with Crippen molar-refractivity contribution in [2.45, 2.75) is 32.0 Å². The van der Waals surface area contributed by atoms with Crippen molar-refractivity contribution in [3.8, 4) is 0 Å². The molecular formula is C19H23N7O2S. The van der Waals surface area contributed by atoms with Gasteiger partial charge in [-0.2, -0.15) is 0 Å². The highest BCUT2D eigenvalue weighted by Crippen LogP contribution is 2.35. The number of rotatable bonds is 4. The Morgan fingerprint density at radius 1 is 1.21 bits per heavy atom. The third-order valence-corrected chi connectivity index (χ3v) is 6.43. The van der Waals surface area contributed by atoms with Crippen molar-refractivity contribution in [3.05, 3.63) is 42.1 Å². The van der Waals surface area contributed by atoms with E-state index in [9.17, 15) is 8.42 Å². The highest BCUT2D eigenvalue weighted by atomic mass is 32.2. The lowest BCUT2D eigenvalue weighted by molar-refractivity contribution is 0.464. The van der Waals surface area contributed by atoms with E-state index in [1.165, 1.54) is 6.26 Å². The van der Waals surface area contributed by atoms with Gasteiger partial charge in [0.2, 0.25) is 10.0 Å². The zero-order valence-corrected chi connectivity index (χ0v) is 17.1. The van der Waals surface area contributed by atoms with E-state index in [0.717, 1.165) is 40.2 Å². The molecule has 1 fully saturated rings. The number of hydrogen-bond acceptors (Lipinski definition) is 7. The Balaban J connectivity index is 1.44. The van der Waals surface area contributed by atoms with E-state index in [-0.39, 0.29) is 6.04 Å². The smallest absolute Gasteiger partial charge is 0.209 e. The van der Waals surface area contributed by atoms with E-state index >= 15 is 0 Å². The number of nitrogens with zero attached hydrogens (tertiary/aromatic N) is 5. The molecule has 0 aliphatic carbocycles. The first-order chi connectivity index (χ1) is 13.9. The maximum Gasteiger partial charge on any atom is 0.209 e. The Hall–Kier alpha value is -2.72. The van der Waals surface area contributed by atoms with Gasteiger partial charge in [0, 0.05) is 61.1 Å². The number of sulfonamides is 1. The topological polar surface area (TPSA) is 107 Å². The summed E-state index contributed by atoms with van der Waals surface area (Å²) in [5, 5.41) is 1.10. The van der Waals surface area contributed by atoms with Gasteiger partial charge in [0.05, 0.1) is 18.0 Å². The van der Waals surface area contributed by atoms with Crippen molar-refractivity contribution in [3.63, 3.8) is 0 Å². The van der Waals surface area contributed by atoms with Crippen molar-refractivity contribution in [1.29, 1.82) is 0 Å². The summed E-state index contributed by atoms with van der Waals surface area (Å²) in [5.41, 5.74) is 4.20. The quantitative estimate of drug-likeness (QED) is 0.658. The van der Waals surface area contributed by atoms with Crippen molar-refractivity contribution < 1.29 is 8.42 Å². The molecule has 1 saturated heterocycles. The molecule has 2 N–H and O–H groups in total. The molecule has 0 radical (unpaired) electrons. The van der Waals surface area contributed by atoms with E-state index in [0.29, 0.717) is 25.7 Å². The molecule has 0 saturated carbocycles. The average molecular weight is 414 g/mol. The maximum absolute atomic E-state index is 11.5. The highest BCUT2D eigenvalue weighted by molar-refractivity contribution is 7.88. The zero-order chi connectivity index (χ0) is 20.2. The van der Waals surface area contributed by atoms with Crippen LogP contribution in [0.2, 0.25) is 0 Å². The first-order valence-electron chi connectivity index (χ1n) is 9.63. The summed E-state index contributed by atoms with van der Waals surface area (Å²) in [6.45, 7) is 4.14. The molecule has 3 aromatic heterocycles. The van der Waals surface area contributed by atoms with Crippen LogP contribution in [-0.2, 0) is 23.0 Å². The molecule has 0 amide bonds. The number of hydrogen-bond donors (Lipinski definition) is 2. The third kappa shape index (κ3) is 3.32. The Labute approximate surface area is 169 Å². The van der Waals surface area contributed by atoms with Gasteiger partial charge in [-0.1, -0.05) is 0 Å².